The molecule has 67 heavy (non-hydrogen) atoms. The average Bonchev–Trinajstić information content (AvgIpc) is 3.24. The van der Waals surface area contributed by atoms with Crippen molar-refractivity contribution in [3.8, 4) is 34.5 Å². The van der Waals surface area contributed by atoms with Gasteiger partial charge in [0.15, 0.2) is 0 Å². The molecule has 6 bridgehead atoms. The molecule has 3 N–H and O–H groups in total. The van der Waals surface area contributed by atoms with Crippen LogP contribution in [-0.2, 0) is 51.2 Å². The molecule has 0 atom stereocenters. The van der Waals surface area contributed by atoms with E-state index in [0.717, 1.165) is 21.3 Å². The van der Waals surface area contributed by atoms with Crippen LogP contribution in [0.25, 0.3) is 0 Å². The van der Waals surface area contributed by atoms with Crippen LogP contribution in [0.1, 0.15) is 52.6 Å². The van der Waals surface area contributed by atoms with E-state index in [4.69, 9.17) is 61.3 Å². The monoisotopic (exact) mass is 1220 g/mol. The topological polar surface area (TPSA) is 472 Å². The van der Waals surface area contributed by atoms with Crippen molar-refractivity contribution in [2.24, 2.45) is 30.0 Å². The molecular weight excluding hydrogens is 1180 g/mol. The van der Waals surface area contributed by atoms with E-state index >= 15 is 0 Å². The normalized spacial score (nSPS) is 11.6. The first kappa shape index (κ1) is 76.2. The Balaban J connectivity index is -0.000000284. The van der Waals surface area contributed by atoms with Crippen LogP contribution < -0.4 is 30.6 Å². The number of rotatable bonds is 0. The second-order valence-electron chi connectivity index (χ2n) is 10.6. The van der Waals surface area contributed by atoms with Gasteiger partial charge in [-0.1, -0.05) is 36.4 Å². The molecular formula is C36H42CeCu3N9O18. The zero-order valence-corrected chi connectivity index (χ0v) is 41.2. The zero-order chi connectivity index (χ0) is 48.8. The first-order valence-electron chi connectivity index (χ1n) is 17.4. The summed E-state index contributed by atoms with van der Waals surface area (Å²) < 4.78 is 0. The van der Waals surface area contributed by atoms with Crippen molar-refractivity contribution in [3.63, 3.8) is 0 Å². The Morgan fingerprint density at radius 3 is 0.552 bits per heavy atom. The van der Waals surface area contributed by atoms with Gasteiger partial charge in [0, 0.05) is 97.9 Å². The van der Waals surface area contributed by atoms with Crippen LogP contribution in [0.5, 0.6) is 34.5 Å². The summed E-state index contributed by atoms with van der Waals surface area (Å²) in [6, 6.07) is 9.05. The molecule has 4 radical (unpaired) electrons. The number of nitrogens with zero attached hydrogens (tertiary/aromatic N) is 9. The molecule has 0 unspecified atom stereocenters. The molecule has 0 aliphatic carbocycles. The number of hydrogen-bond acceptors (Lipinski definition) is 24. The van der Waals surface area contributed by atoms with Gasteiger partial charge >= 0.3 is 93.0 Å². The predicted octanol–water partition coefficient (Wildman–Crippen LogP) is -1.67. The van der Waals surface area contributed by atoms with E-state index in [1.807, 2.05) is 0 Å². The van der Waals surface area contributed by atoms with Crippen molar-refractivity contribution in [2.45, 2.75) is 19.3 Å². The van der Waals surface area contributed by atoms with Gasteiger partial charge in [-0.15, -0.1) is 34.5 Å². The van der Waals surface area contributed by atoms with Crippen LogP contribution in [0.15, 0.2) is 66.4 Å². The van der Waals surface area contributed by atoms with Crippen molar-refractivity contribution in [3.05, 3.63) is 116 Å². The third-order valence-corrected chi connectivity index (χ3v) is 6.62. The number of aliphatic hydroxyl groups is 3. The van der Waals surface area contributed by atoms with Gasteiger partial charge in [0.05, 0.1) is 15.3 Å². The van der Waals surface area contributed by atoms with Crippen molar-refractivity contribution >= 4 is 37.3 Å². The van der Waals surface area contributed by atoms with E-state index in [0.29, 0.717) is 58.5 Å². The Labute approximate surface area is 448 Å². The van der Waals surface area contributed by atoms with Crippen LogP contribution in [-0.4, -0.2) is 128 Å². The van der Waals surface area contributed by atoms with E-state index in [-0.39, 0.29) is 126 Å². The Bertz CT molecular complexity index is 1670. The Hall–Kier alpha value is -5.10. The average molecular weight is 1220 g/mol. The summed E-state index contributed by atoms with van der Waals surface area (Å²) in [6.45, 7) is 2.05. The molecule has 0 saturated carbocycles. The summed E-state index contributed by atoms with van der Waals surface area (Å²) in [5.41, 5.74) is 0.992. The molecule has 3 aromatic rings. The first-order chi connectivity index (χ1) is 30.1. The number of aliphatic imine (C=N–C) groups is 6. The van der Waals surface area contributed by atoms with Crippen molar-refractivity contribution in [1.29, 1.82) is 0 Å². The molecule has 0 aromatic heterocycles. The fourth-order valence-electron chi connectivity index (χ4n) is 4.13. The van der Waals surface area contributed by atoms with Crippen molar-refractivity contribution in [1.82, 2.24) is 0 Å². The molecule has 4 heterocycles. The predicted molar refractivity (Wildman–Crippen MR) is 220 cm³/mol. The molecule has 376 valence electrons. The van der Waals surface area contributed by atoms with Crippen LogP contribution in [0.2, 0.25) is 0 Å². The molecule has 0 fully saturated rings. The minimum Gasteiger partial charge on any atom is -0.872 e. The quantitative estimate of drug-likeness (QED) is 0.129. The van der Waals surface area contributed by atoms with Gasteiger partial charge in [-0.25, -0.2) is 0 Å². The maximum absolute atomic E-state index is 12.4. The molecule has 3 aromatic carbocycles. The second kappa shape index (κ2) is 48.8. The molecule has 4 aliphatic rings. The van der Waals surface area contributed by atoms with Crippen LogP contribution in [0.4, 0.5) is 0 Å². The Morgan fingerprint density at radius 1 is 0.343 bits per heavy atom. The van der Waals surface area contributed by atoms with E-state index in [9.17, 15) is 30.6 Å². The number of hydrogen-bond donors (Lipinski definition) is 3. The standard InChI is InChI=1S/C33H36N6O6.3CH4O.Ce.3Cu.3NO3/c40-28-22-4-6-24(30(28)42)18-36-12-2-14-38-20-26-8-9-27(33(45)32(26)44)21-39-15-3-13-37-19-25-7-5-23(29(41)31(25)43)17-35-11-1-10-34-16-22;3*1-2;;;;;3*2-1(3)4/h4-9,16-21,40-45H,1-3,10-15H2;3*2H,1H3;;;;;;;/q;;;;+3;3*+2;3*-1/p-6. The third kappa shape index (κ3) is 36.7. The molecule has 7 rings (SSSR count). The van der Waals surface area contributed by atoms with E-state index in [2.05, 4.69) is 30.0 Å². The molecule has 27 nitrogen and oxygen atoms in total. The summed E-state index contributed by atoms with van der Waals surface area (Å²) in [4.78, 5) is 49.9. The minimum absolute atomic E-state index is 0. The third-order valence-electron chi connectivity index (χ3n) is 6.62. The van der Waals surface area contributed by atoms with Gasteiger partial charge in [-0.05, 0) is 52.6 Å². The van der Waals surface area contributed by atoms with Crippen molar-refractivity contribution < 1.29 is 154 Å². The van der Waals surface area contributed by atoms with Crippen LogP contribution in [0, 0.1) is 87.7 Å². The van der Waals surface area contributed by atoms with Gasteiger partial charge in [-0.2, -0.15) is 0 Å². The van der Waals surface area contributed by atoms with Crippen molar-refractivity contribution in [2.75, 3.05) is 60.6 Å². The van der Waals surface area contributed by atoms with Gasteiger partial charge in [0.1, 0.15) is 0 Å². The molecule has 0 amide bonds. The molecule has 31 heteroatoms. The van der Waals surface area contributed by atoms with E-state index in [1.165, 1.54) is 73.7 Å². The van der Waals surface area contributed by atoms with E-state index in [1.54, 1.807) is 0 Å². The number of fused-ring (bicyclic) bond motifs is 2. The largest absolute Gasteiger partial charge is 3.00 e. The fourth-order valence-corrected chi connectivity index (χ4v) is 4.13. The van der Waals surface area contributed by atoms with Gasteiger partial charge < -0.3 is 91.9 Å². The van der Waals surface area contributed by atoms with Gasteiger partial charge in [-0.3, -0.25) is 30.0 Å². The maximum atomic E-state index is 12.4. The summed E-state index contributed by atoms with van der Waals surface area (Å²) in [5.74, 6) is -4.08. The van der Waals surface area contributed by atoms with E-state index < -0.39 is 49.8 Å². The summed E-state index contributed by atoms with van der Waals surface area (Å²) in [5, 5.41) is 140. The smallest absolute Gasteiger partial charge is 0.872 e. The fraction of sp³-hybridized carbons (Fsp3) is 0.333. The van der Waals surface area contributed by atoms with Crippen LogP contribution >= 0.6 is 0 Å². The summed E-state index contributed by atoms with van der Waals surface area (Å²) >= 11 is 0. The number of benzene rings is 3. The van der Waals surface area contributed by atoms with Crippen LogP contribution in [0.3, 0.4) is 0 Å². The molecule has 0 saturated heterocycles. The summed E-state index contributed by atoms with van der Waals surface area (Å²) in [6.07, 6.45) is 9.65. The first-order valence-corrected chi connectivity index (χ1v) is 17.4. The SMILES string of the molecule is CO.CO.CO.O=[N+]([O-])[O-].O=[N+]([O-])[O-].O=[N+]([O-])[O-].[Ce+3].[Cu+2].[Cu+2].[Cu+2].[O-]c1c2ccc(c1[O-])C=NCCCN=Cc1ccc(c([O-])c1[O-])C=NCCCN=Cc1ccc(c([O-])c1[O-])C=NCCCN=C2. The maximum Gasteiger partial charge on any atom is 3.00 e. The molecule has 4 aliphatic heterocycles. The minimum atomic E-state index is -1.75. The van der Waals surface area contributed by atoms with Gasteiger partial charge in [0.25, 0.3) is 0 Å². The number of aliphatic hydroxyl groups excluding tert-OH is 3. The second-order valence-corrected chi connectivity index (χ2v) is 10.6. The Kier molecular flexibility index (Phi) is 55.5. The summed E-state index contributed by atoms with van der Waals surface area (Å²) in [7, 11) is 3.00. The molecule has 0 spiro atoms. The zero-order valence-electron chi connectivity index (χ0n) is 35.2. The van der Waals surface area contributed by atoms with Gasteiger partial charge in [0.2, 0.25) is 0 Å². The Morgan fingerprint density at radius 2 is 0.448 bits per heavy atom.